The van der Waals surface area contributed by atoms with Crippen molar-refractivity contribution >= 4 is 87.2 Å². The number of benzene rings is 8. The maximum absolute atomic E-state index is 12.8. The van der Waals surface area contributed by atoms with Gasteiger partial charge in [0.15, 0.2) is 0 Å². The molecule has 0 aliphatic heterocycles. The number of para-hydroxylation sites is 7. The Balaban J connectivity index is 0.000000130. The Hall–Kier alpha value is -9.99. The number of hydrogen-bond donors (Lipinski definition) is 6. The van der Waals surface area contributed by atoms with Gasteiger partial charge in [0.1, 0.15) is 5.82 Å². The molecule has 16 aromatic rings. The van der Waals surface area contributed by atoms with E-state index in [0.717, 1.165) is 36.6 Å². The number of nitrogens with zero attached hydrogens (tertiary/aromatic N) is 2. The van der Waals surface area contributed by atoms with Crippen molar-refractivity contribution in [3.8, 4) is 0 Å². The zero-order valence-electron chi connectivity index (χ0n) is 60.3. The number of aromatic amines is 6. The van der Waals surface area contributed by atoms with E-state index in [1.165, 1.54) is 138 Å². The lowest BCUT2D eigenvalue weighted by Gasteiger charge is -2.04. The van der Waals surface area contributed by atoms with Crippen molar-refractivity contribution in [1.82, 2.24) is 39.0 Å². The Morgan fingerprint density at radius 1 is 0.330 bits per heavy atom. The normalized spacial score (nSPS) is 11.1. The zero-order chi connectivity index (χ0) is 69.3. The summed E-state index contributed by atoms with van der Waals surface area (Å²) in [7, 11) is 4.20. The van der Waals surface area contributed by atoms with Gasteiger partial charge in [-0.2, -0.15) is 0 Å². The molecule has 8 aromatic heterocycles. The largest absolute Gasteiger partial charge is 0.361 e. The van der Waals surface area contributed by atoms with Gasteiger partial charge in [-0.05, 0) is 168 Å². The van der Waals surface area contributed by atoms with Crippen LogP contribution in [0.25, 0.3) is 87.2 Å². The van der Waals surface area contributed by atoms with Crippen LogP contribution in [0.1, 0.15) is 163 Å². The molecule has 502 valence electrons. The minimum atomic E-state index is -0.170. The first-order chi connectivity index (χ1) is 46.8. The number of hydrogen-bond acceptors (Lipinski definition) is 0. The van der Waals surface area contributed by atoms with Crippen LogP contribution in [0.2, 0.25) is 0 Å². The van der Waals surface area contributed by atoms with Crippen molar-refractivity contribution in [1.29, 1.82) is 0 Å². The molecule has 0 unspecified atom stereocenters. The van der Waals surface area contributed by atoms with Crippen molar-refractivity contribution in [3.05, 3.63) is 287 Å². The van der Waals surface area contributed by atoms with Crippen molar-refractivity contribution < 1.29 is 4.39 Å². The molecular formula is C88H103FN8. The molecule has 8 aromatic carbocycles. The zero-order valence-corrected chi connectivity index (χ0v) is 60.3. The Labute approximate surface area is 574 Å². The van der Waals surface area contributed by atoms with Crippen LogP contribution in [0.4, 0.5) is 4.39 Å². The van der Waals surface area contributed by atoms with Gasteiger partial charge in [-0.15, -0.1) is 0 Å². The fourth-order valence-electron chi connectivity index (χ4n) is 13.4. The molecule has 6 N–H and O–H groups in total. The van der Waals surface area contributed by atoms with Gasteiger partial charge in [0.25, 0.3) is 0 Å². The third-order valence-corrected chi connectivity index (χ3v) is 18.5. The average Bonchev–Trinajstić information content (AvgIpc) is 1.74. The van der Waals surface area contributed by atoms with Crippen LogP contribution in [0.5, 0.6) is 0 Å². The van der Waals surface area contributed by atoms with Gasteiger partial charge in [0.05, 0.1) is 0 Å². The van der Waals surface area contributed by atoms with Crippen molar-refractivity contribution in [3.63, 3.8) is 0 Å². The van der Waals surface area contributed by atoms with Gasteiger partial charge in [0.2, 0.25) is 0 Å². The van der Waals surface area contributed by atoms with Crippen molar-refractivity contribution in [2.24, 2.45) is 14.1 Å². The molecule has 0 saturated carbocycles. The molecule has 97 heavy (non-hydrogen) atoms. The number of nitrogens with one attached hydrogen (secondary N) is 6. The lowest BCUT2D eigenvalue weighted by atomic mass is 10.00. The predicted molar refractivity (Wildman–Crippen MR) is 419 cm³/mol. The summed E-state index contributed by atoms with van der Waals surface area (Å²) in [6.07, 6.45) is 16.9. The summed E-state index contributed by atoms with van der Waals surface area (Å²) in [6.45, 7) is 30.7. The fraction of sp³-hybridized carbons (Fsp3) is 0.273. The van der Waals surface area contributed by atoms with Gasteiger partial charge in [0, 0.05) is 150 Å². The van der Waals surface area contributed by atoms with E-state index >= 15 is 0 Å². The number of aromatic nitrogens is 8. The Bertz CT molecular complexity index is 5000. The summed E-state index contributed by atoms with van der Waals surface area (Å²) < 4.78 is 17.2. The van der Waals surface area contributed by atoms with Gasteiger partial charge in [-0.25, -0.2) is 4.39 Å². The molecule has 0 bridgehead atoms. The second-order valence-electron chi connectivity index (χ2n) is 26.5. The Kier molecular flexibility index (Phi) is 24.7. The van der Waals surface area contributed by atoms with E-state index in [2.05, 4.69) is 351 Å². The molecule has 16 rings (SSSR count). The maximum atomic E-state index is 12.8. The molecule has 9 heteroatoms. The molecule has 0 amide bonds. The average molecular weight is 1290 g/mol. The number of rotatable bonds is 8. The third kappa shape index (κ3) is 17.2. The SMILES string of the molecule is CC(C)c1c[nH]c2ccccc12.CC(C)c1c[nH]c2ccccc12.CC(C)c1cn(C)c2ccccc12.CCc1c(C)[nH]c2ccccc12.CCc1c[nH]c2ccc(F)cc12.CCc1c[nH]c2ccccc12.CCc1cn(C)c2ccccc12.Cc1[nH]c2ccccc2c1C(C)C. The van der Waals surface area contributed by atoms with Gasteiger partial charge >= 0.3 is 0 Å². The highest BCUT2D eigenvalue weighted by atomic mass is 19.1. The highest BCUT2D eigenvalue weighted by Gasteiger charge is 2.12. The lowest BCUT2D eigenvalue weighted by molar-refractivity contribution is 0.629. The first kappa shape index (κ1) is 71.3. The van der Waals surface area contributed by atoms with E-state index in [9.17, 15) is 4.39 Å². The first-order valence-electron chi connectivity index (χ1n) is 35.0. The number of halogens is 1. The summed E-state index contributed by atoms with van der Waals surface area (Å²) in [4.78, 5) is 19.7. The second-order valence-corrected chi connectivity index (χ2v) is 26.5. The summed E-state index contributed by atoms with van der Waals surface area (Å²) in [5.41, 5.74) is 23.7. The Morgan fingerprint density at radius 2 is 0.711 bits per heavy atom. The van der Waals surface area contributed by atoms with Crippen LogP contribution in [0, 0.1) is 19.7 Å². The quantitative estimate of drug-likeness (QED) is 0.0873. The topological polar surface area (TPSA) is 105 Å². The van der Waals surface area contributed by atoms with Crippen molar-refractivity contribution in [2.75, 3.05) is 0 Å². The molecule has 0 saturated heterocycles. The van der Waals surface area contributed by atoms with Gasteiger partial charge in [-0.1, -0.05) is 210 Å². The van der Waals surface area contributed by atoms with Gasteiger partial charge in [-0.3, -0.25) is 0 Å². The standard InChI is InChI=1S/2C12H15N.4C11H13N.C10H10FN.C10H11N/c1-9(2)11-8-13(3)12-7-5-4-6-10(11)12;1-8(2)12-9(3)13-11-7-5-4-6-10(11)12;2*1-8(2)10-7-12-11-6-4-3-5-9(10)11;1-3-9-8-12(2)11-7-5-4-6-10(9)11;1-3-9-8(2)12-11-7-5-4-6-10(9)11;1-2-7-6-12-10-4-3-8(11)5-9(7)10;1-2-8-7-11-10-6-4-3-5-9(8)10/h4-9H,1-3H3;4-8,13H,1-3H3;2*3-8,12H,1-2H3;4-8H,3H2,1-2H3;4-7,12H,3H2,1-2H3;3-6,12H,2H2,1H3;3-7,11H,2H2,1H3. The molecule has 0 aliphatic carbocycles. The van der Waals surface area contributed by atoms with E-state index in [1.807, 2.05) is 6.20 Å². The molecule has 8 nitrogen and oxygen atoms in total. The number of fused-ring (bicyclic) bond motifs is 8. The molecule has 8 heterocycles. The summed E-state index contributed by atoms with van der Waals surface area (Å²) in [5.74, 6) is 2.22. The molecule has 0 radical (unpaired) electrons. The van der Waals surface area contributed by atoms with E-state index in [0.29, 0.717) is 23.7 Å². The monoisotopic (exact) mass is 1290 g/mol. The predicted octanol–water partition coefficient (Wildman–Crippen LogP) is 24.9. The van der Waals surface area contributed by atoms with Crippen LogP contribution in [0.15, 0.2) is 225 Å². The molecular weight excluding hydrogens is 1190 g/mol. The highest BCUT2D eigenvalue weighted by Crippen LogP contribution is 2.31. The van der Waals surface area contributed by atoms with E-state index in [4.69, 9.17) is 0 Å². The lowest BCUT2D eigenvalue weighted by Crippen LogP contribution is -1.87. The maximum Gasteiger partial charge on any atom is 0.123 e. The van der Waals surface area contributed by atoms with Crippen molar-refractivity contribution in [2.45, 2.75) is 146 Å². The molecule has 0 fully saturated rings. The van der Waals surface area contributed by atoms with E-state index in [-0.39, 0.29) is 5.82 Å². The molecule has 0 spiro atoms. The molecule has 0 aliphatic rings. The van der Waals surface area contributed by atoms with E-state index < -0.39 is 0 Å². The Morgan fingerprint density at radius 3 is 1.22 bits per heavy atom. The highest BCUT2D eigenvalue weighted by molar-refractivity contribution is 5.89. The molecule has 0 atom stereocenters. The first-order valence-corrected chi connectivity index (χ1v) is 35.0. The van der Waals surface area contributed by atoms with E-state index in [1.54, 1.807) is 12.1 Å². The van der Waals surface area contributed by atoms with Crippen LogP contribution in [0.3, 0.4) is 0 Å². The summed E-state index contributed by atoms with van der Waals surface area (Å²) in [5, 5.41) is 10.6. The summed E-state index contributed by atoms with van der Waals surface area (Å²) >= 11 is 0. The minimum absolute atomic E-state index is 0.170. The second kappa shape index (κ2) is 33.6. The number of aryl methyl sites for hydroxylation is 8. The number of H-pyrrole nitrogens is 6. The van der Waals surface area contributed by atoms with Gasteiger partial charge < -0.3 is 39.0 Å². The summed E-state index contributed by atoms with van der Waals surface area (Å²) in [6, 6.07) is 64.1. The smallest absolute Gasteiger partial charge is 0.123 e. The van der Waals surface area contributed by atoms with Crippen LogP contribution in [-0.2, 0) is 39.8 Å². The minimum Gasteiger partial charge on any atom is -0.361 e. The fourth-order valence-corrected chi connectivity index (χ4v) is 13.4. The van der Waals surface area contributed by atoms with Crippen LogP contribution in [-0.4, -0.2) is 39.0 Å². The van der Waals surface area contributed by atoms with Crippen LogP contribution >= 0.6 is 0 Å². The third-order valence-electron chi connectivity index (χ3n) is 18.5. The van der Waals surface area contributed by atoms with Crippen LogP contribution < -0.4 is 0 Å².